The first kappa shape index (κ1) is 26.1. The molecule has 0 saturated carbocycles. The van der Waals surface area contributed by atoms with Crippen molar-refractivity contribution in [3.8, 4) is 22.6 Å². The Labute approximate surface area is 201 Å². The smallest absolute Gasteiger partial charge is 0.491 e. The molecule has 0 atom stereocenters. The van der Waals surface area contributed by atoms with Crippen LogP contribution in [0.2, 0.25) is 0 Å². The number of nitrogens with one attached hydrogen (secondary N) is 1. The number of amides is 1. The van der Waals surface area contributed by atoms with Crippen molar-refractivity contribution in [1.82, 2.24) is 15.3 Å². The van der Waals surface area contributed by atoms with Gasteiger partial charge < -0.3 is 19.5 Å². The van der Waals surface area contributed by atoms with Gasteiger partial charge in [0.25, 0.3) is 0 Å². The van der Waals surface area contributed by atoms with Crippen LogP contribution in [-0.2, 0) is 11.3 Å². The van der Waals surface area contributed by atoms with Gasteiger partial charge in [-0.15, -0.1) is 13.2 Å². The van der Waals surface area contributed by atoms with E-state index < -0.39 is 18.1 Å². The largest absolute Gasteiger partial charge is 0.573 e. The number of carbonyl (C=O) groups excluding carboxylic acids is 1. The lowest BCUT2D eigenvalue weighted by atomic mass is 9.99. The summed E-state index contributed by atoms with van der Waals surface area (Å²) in [5.74, 6) is 0.154. The monoisotopic (exact) mass is 491 g/mol. The van der Waals surface area contributed by atoms with E-state index in [1.807, 2.05) is 6.92 Å². The van der Waals surface area contributed by atoms with E-state index in [2.05, 4.69) is 20.0 Å². The Morgan fingerprint density at radius 1 is 1.03 bits per heavy atom. The number of ether oxygens (including phenoxy) is 3. The quantitative estimate of drug-likeness (QED) is 0.367. The second-order valence-corrected chi connectivity index (χ2v) is 8.80. The molecule has 0 saturated heterocycles. The van der Waals surface area contributed by atoms with Gasteiger partial charge in [-0.05, 0) is 51.0 Å². The second-order valence-electron chi connectivity index (χ2n) is 8.80. The summed E-state index contributed by atoms with van der Waals surface area (Å²) in [5, 5.41) is 2.73. The SMILES string of the molecule is CCCCOc1c(CNC(=O)OC(C)(C)C)cc(-c2ccc(OC(F)(F)F)cc2)c2nccnc12. The Morgan fingerprint density at radius 3 is 2.29 bits per heavy atom. The topological polar surface area (TPSA) is 82.6 Å². The summed E-state index contributed by atoms with van der Waals surface area (Å²) in [6.45, 7) is 7.88. The molecule has 1 N–H and O–H groups in total. The number of unbranched alkanes of at least 4 members (excludes halogenated alkanes) is 1. The molecule has 7 nitrogen and oxygen atoms in total. The van der Waals surface area contributed by atoms with Crippen LogP contribution in [0.5, 0.6) is 11.5 Å². The molecule has 2 aromatic carbocycles. The summed E-state index contributed by atoms with van der Waals surface area (Å²) < 4.78 is 53.0. The zero-order valence-corrected chi connectivity index (χ0v) is 20.0. The van der Waals surface area contributed by atoms with E-state index in [0.717, 1.165) is 12.8 Å². The van der Waals surface area contributed by atoms with Crippen molar-refractivity contribution in [1.29, 1.82) is 0 Å². The molecule has 10 heteroatoms. The van der Waals surface area contributed by atoms with Gasteiger partial charge in [-0.2, -0.15) is 0 Å². The normalized spacial score (nSPS) is 11.9. The lowest BCUT2D eigenvalue weighted by Crippen LogP contribution is -2.32. The Bertz CT molecular complexity index is 1160. The fourth-order valence-corrected chi connectivity index (χ4v) is 3.31. The highest BCUT2D eigenvalue weighted by Gasteiger charge is 2.31. The number of alkyl carbamates (subject to hydrolysis) is 1. The van der Waals surface area contributed by atoms with Crippen molar-refractivity contribution in [2.24, 2.45) is 0 Å². The number of alkyl halides is 3. The molecule has 0 aliphatic carbocycles. The molecule has 3 rings (SSSR count). The Hall–Kier alpha value is -3.56. The summed E-state index contributed by atoms with van der Waals surface area (Å²) in [7, 11) is 0. The molecule has 0 aliphatic heterocycles. The number of aromatic nitrogens is 2. The highest BCUT2D eigenvalue weighted by molar-refractivity contribution is 5.96. The lowest BCUT2D eigenvalue weighted by Gasteiger charge is -2.21. The number of nitrogens with zero attached hydrogens (tertiary/aromatic N) is 2. The maximum atomic E-state index is 12.6. The molecular weight excluding hydrogens is 463 g/mol. The van der Waals surface area contributed by atoms with Crippen LogP contribution in [-0.4, -0.2) is 34.6 Å². The number of hydrogen-bond acceptors (Lipinski definition) is 6. The number of halogens is 3. The molecule has 0 fully saturated rings. The maximum absolute atomic E-state index is 12.6. The molecular formula is C25H28F3N3O4. The van der Waals surface area contributed by atoms with Crippen LogP contribution in [0.3, 0.4) is 0 Å². The van der Waals surface area contributed by atoms with Gasteiger partial charge in [0.2, 0.25) is 0 Å². The summed E-state index contributed by atoms with van der Waals surface area (Å²) >= 11 is 0. The summed E-state index contributed by atoms with van der Waals surface area (Å²) in [5.41, 5.74) is 2.19. The van der Waals surface area contributed by atoms with Gasteiger partial charge in [0.1, 0.15) is 22.4 Å². The Balaban J connectivity index is 2.03. The van der Waals surface area contributed by atoms with Crippen molar-refractivity contribution >= 4 is 17.1 Å². The van der Waals surface area contributed by atoms with E-state index in [0.29, 0.717) is 40.1 Å². The van der Waals surface area contributed by atoms with E-state index in [-0.39, 0.29) is 12.3 Å². The fraction of sp³-hybridized carbons (Fsp3) is 0.400. The van der Waals surface area contributed by atoms with Gasteiger partial charge in [0.05, 0.1) is 6.61 Å². The van der Waals surface area contributed by atoms with Crippen LogP contribution < -0.4 is 14.8 Å². The van der Waals surface area contributed by atoms with Crippen molar-refractivity contribution in [2.45, 2.75) is 59.0 Å². The highest BCUT2D eigenvalue weighted by Crippen LogP contribution is 2.36. The first-order chi connectivity index (χ1) is 16.5. The van der Waals surface area contributed by atoms with Crippen LogP contribution in [0.1, 0.15) is 46.1 Å². The first-order valence-corrected chi connectivity index (χ1v) is 11.2. The van der Waals surface area contributed by atoms with E-state index in [4.69, 9.17) is 9.47 Å². The lowest BCUT2D eigenvalue weighted by molar-refractivity contribution is -0.274. The number of benzene rings is 2. The van der Waals surface area contributed by atoms with Crippen LogP contribution in [0.15, 0.2) is 42.7 Å². The molecule has 0 aliphatic rings. The van der Waals surface area contributed by atoms with Crippen molar-refractivity contribution in [2.75, 3.05) is 6.61 Å². The predicted molar refractivity (Wildman–Crippen MR) is 125 cm³/mol. The molecule has 1 aromatic heterocycles. The first-order valence-electron chi connectivity index (χ1n) is 11.2. The fourth-order valence-electron chi connectivity index (χ4n) is 3.31. The minimum atomic E-state index is -4.78. The Kier molecular flexibility index (Phi) is 8.03. The second kappa shape index (κ2) is 10.8. The summed E-state index contributed by atoms with van der Waals surface area (Å²) in [6, 6.07) is 7.26. The number of rotatable bonds is 8. The minimum absolute atomic E-state index is 0.0884. The average Bonchev–Trinajstić information content (AvgIpc) is 2.76. The molecule has 0 spiro atoms. The molecule has 0 radical (unpaired) electrons. The average molecular weight is 492 g/mol. The van der Waals surface area contributed by atoms with Crippen molar-refractivity contribution in [3.63, 3.8) is 0 Å². The predicted octanol–water partition coefficient (Wildman–Crippen LogP) is 6.40. The molecule has 3 aromatic rings. The van der Waals surface area contributed by atoms with E-state index in [1.165, 1.54) is 36.7 Å². The van der Waals surface area contributed by atoms with Gasteiger partial charge in [-0.3, -0.25) is 4.98 Å². The van der Waals surface area contributed by atoms with Crippen molar-refractivity contribution in [3.05, 3.63) is 48.3 Å². The van der Waals surface area contributed by atoms with Gasteiger partial charge >= 0.3 is 12.5 Å². The summed E-state index contributed by atoms with van der Waals surface area (Å²) in [6.07, 6.45) is -0.558. The van der Waals surface area contributed by atoms with Crippen LogP contribution in [0, 0.1) is 0 Å². The standard InChI is InChI=1S/C25H28F3N3O4/c1-5-6-13-33-22-17(15-31-23(32)35-24(2,3)4)14-19(20-21(22)30-12-11-29-20)16-7-9-18(10-8-16)34-25(26,27)28/h7-12,14H,5-6,13,15H2,1-4H3,(H,31,32). The van der Waals surface area contributed by atoms with Crippen LogP contribution >= 0.6 is 0 Å². The zero-order chi connectivity index (χ0) is 25.6. The van der Waals surface area contributed by atoms with Gasteiger partial charge in [0.15, 0.2) is 5.75 Å². The summed E-state index contributed by atoms with van der Waals surface area (Å²) in [4.78, 5) is 21.2. The third kappa shape index (κ3) is 7.46. The van der Waals surface area contributed by atoms with Gasteiger partial charge in [-0.25, -0.2) is 9.78 Å². The number of hydrogen-bond donors (Lipinski definition) is 1. The van der Waals surface area contributed by atoms with Crippen molar-refractivity contribution < 1.29 is 32.2 Å². The van der Waals surface area contributed by atoms with Gasteiger partial charge in [-0.1, -0.05) is 25.5 Å². The van der Waals surface area contributed by atoms with E-state index >= 15 is 0 Å². The molecule has 1 heterocycles. The zero-order valence-electron chi connectivity index (χ0n) is 20.0. The third-order valence-electron chi connectivity index (χ3n) is 4.74. The molecule has 0 bridgehead atoms. The molecule has 188 valence electrons. The van der Waals surface area contributed by atoms with Gasteiger partial charge in [0, 0.05) is 30.1 Å². The third-order valence-corrected chi connectivity index (χ3v) is 4.74. The minimum Gasteiger partial charge on any atom is -0.491 e. The highest BCUT2D eigenvalue weighted by atomic mass is 19.4. The maximum Gasteiger partial charge on any atom is 0.573 e. The molecule has 1 amide bonds. The molecule has 35 heavy (non-hydrogen) atoms. The Morgan fingerprint density at radius 2 is 1.69 bits per heavy atom. The van der Waals surface area contributed by atoms with Crippen LogP contribution in [0.4, 0.5) is 18.0 Å². The van der Waals surface area contributed by atoms with E-state index in [1.54, 1.807) is 26.8 Å². The van der Waals surface area contributed by atoms with Crippen LogP contribution in [0.25, 0.3) is 22.2 Å². The van der Waals surface area contributed by atoms with E-state index in [9.17, 15) is 18.0 Å². The number of fused-ring (bicyclic) bond motifs is 1. The molecule has 0 unspecified atom stereocenters. The number of carbonyl (C=O) groups is 1.